The first-order chi connectivity index (χ1) is 45.4. The van der Waals surface area contributed by atoms with Gasteiger partial charge in [0.05, 0.1) is 31.5 Å². The van der Waals surface area contributed by atoms with Crippen LogP contribution < -0.4 is 10.6 Å². The fraction of sp³-hybridized carbons (Fsp3) is 0.847. The maximum absolute atomic E-state index is 15.6. The maximum Gasteiger partial charge on any atom is 0.246 e. The van der Waals surface area contributed by atoms with Gasteiger partial charge < -0.3 is 63.9 Å². The summed E-state index contributed by atoms with van der Waals surface area (Å²) in [6, 6.07) is -11.0. The number of carbonyl (C=O) groups is 11. The van der Waals surface area contributed by atoms with Crippen LogP contribution in [0.4, 0.5) is 0 Å². The molecule has 0 spiro atoms. The Balaban J connectivity index is 3.08. The monoisotopic (exact) mass is 1400 g/mol. The van der Waals surface area contributed by atoms with Crippen molar-refractivity contribution in [3.05, 3.63) is 0 Å². The van der Waals surface area contributed by atoms with Crippen LogP contribution in [-0.2, 0) is 66.6 Å². The summed E-state index contributed by atoms with van der Waals surface area (Å²) < 4.78 is 18.8. The van der Waals surface area contributed by atoms with E-state index in [9.17, 15) is 19.5 Å². The number of ketones is 2. The van der Waals surface area contributed by atoms with E-state index in [0.29, 0.717) is 19.6 Å². The van der Waals surface area contributed by atoms with E-state index < -0.39 is 169 Å². The van der Waals surface area contributed by atoms with Crippen LogP contribution in [0.1, 0.15) is 169 Å². The number of aliphatic hydroxyl groups excluding tert-OH is 1. The molecule has 2 rings (SSSR count). The number of morpholine rings is 1. The highest BCUT2D eigenvalue weighted by Crippen LogP contribution is 2.30. The molecule has 0 aromatic heterocycles. The normalized spacial score (nSPS) is 27.4. The summed E-state index contributed by atoms with van der Waals surface area (Å²) in [5, 5.41) is 16.1. The van der Waals surface area contributed by atoms with Gasteiger partial charge in [0, 0.05) is 100 Å². The van der Waals surface area contributed by atoms with Crippen LogP contribution in [0.2, 0.25) is 19.6 Å². The number of aliphatic hydroxyl groups is 1. The van der Waals surface area contributed by atoms with Gasteiger partial charge in [-0.05, 0) is 127 Å². The quantitative estimate of drug-likeness (QED) is 0.0880. The topological polar surface area (TPSA) is 286 Å². The zero-order chi connectivity index (χ0) is 75.3. The van der Waals surface area contributed by atoms with Crippen molar-refractivity contribution in [3.63, 3.8) is 0 Å². The molecule has 0 saturated carbocycles. The Morgan fingerprint density at radius 3 is 1.51 bits per heavy atom. The molecule has 2 heterocycles. The highest BCUT2D eigenvalue weighted by atomic mass is 28.4. The number of hydrogen-bond acceptors (Lipinski definition) is 16. The van der Waals surface area contributed by atoms with Crippen LogP contribution >= 0.6 is 0 Å². The lowest BCUT2D eigenvalue weighted by Gasteiger charge is -2.43. The molecular weight excluding hydrogens is 1270 g/mol. The van der Waals surface area contributed by atoms with Gasteiger partial charge in [0.15, 0.2) is 19.9 Å². The zero-order valence-corrected chi connectivity index (χ0v) is 66.0. The van der Waals surface area contributed by atoms with Gasteiger partial charge in [0.1, 0.15) is 48.3 Å². The third-order valence-electron chi connectivity index (χ3n) is 19.5. The van der Waals surface area contributed by atoms with Crippen LogP contribution in [-0.4, -0.2) is 279 Å². The molecule has 564 valence electrons. The summed E-state index contributed by atoms with van der Waals surface area (Å²) in [4.78, 5) is 177. The average Bonchev–Trinajstić information content (AvgIpc) is 0.797. The molecule has 9 amide bonds. The Morgan fingerprint density at radius 1 is 0.531 bits per heavy atom. The van der Waals surface area contributed by atoms with Crippen LogP contribution in [0.25, 0.3) is 0 Å². The van der Waals surface area contributed by atoms with E-state index in [0.717, 1.165) is 26.1 Å². The van der Waals surface area contributed by atoms with Gasteiger partial charge in [0.25, 0.3) is 0 Å². The van der Waals surface area contributed by atoms with E-state index in [1.54, 1.807) is 55.4 Å². The van der Waals surface area contributed by atoms with Crippen molar-refractivity contribution in [2.75, 3.05) is 95.4 Å². The minimum atomic E-state index is -2.64. The Labute approximate surface area is 589 Å². The number of nitrogens with zero attached hydrogens (tertiary/aromatic N) is 8. The number of nitrogens with one attached hydrogen (secondary N) is 2. The minimum absolute atomic E-state index is 0.0202. The van der Waals surface area contributed by atoms with Gasteiger partial charge in [-0.1, -0.05) is 90.0 Å². The highest BCUT2D eigenvalue weighted by Gasteiger charge is 2.48. The second-order valence-electron chi connectivity index (χ2n) is 31.0. The average molecular weight is 1410 g/mol. The van der Waals surface area contributed by atoms with E-state index >= 15 is 38.4 Å². The first-order valence-electron chi connectivity index (χ1n) is 36.1. The van der Waals surface area contributed by atoms with Crippen molar-refractivity contribution in [2.24, 2.45) is 47.3 Å². The summed E-state index contributed by atoms with van der Waals surface area (Å²) in [7, 11) is 7.63. The van der Waals surface area contributed by atoms with Crippen molar-refractivity contribution in [1.29, 1.82) is 0 Å². The van der Waals surface area contributed by atoms with Crippen LogP contribution in [0.5, 0.6) is 0 Å². The number of likely N-dealkylation sites (N-methyl/N-ethyl adjacent to an activating group) is 7. The molecule has 98 heavy (non-hydrogen) atoms. The second-order valence-corrected chi connectivity index (χ2v) is 35.5. The van der Waals surface area contributed by atoms with Crippen LogP contribution in [0.15, 0.2) is 0 Å². The van der Waals surface area contributed by atoms with Crippen molar-refractivity contribution < 1.29 is 71.7 Å². The summed E-state index contributed by atoms with van der Waals surface area (Å²) in [5.74, 6) is -10.5. The Morgan fingerprint density at radius 2 is 1.02 bits per heavy atom. The maximum atomic E-state index is 15.6. The fourth-order valence-corrected chi connectivity index (χ4v) is 14.5. The SMILES string of the molecule is CC[C@@H]1NC(=O)[C@H]([C@H](O[Si](C)(C)C)[C@H](C)CCO)N(C)C(=O)[C@H](C(C)C)N(C)C(=O)[C@H](CC(C)C)N(C)C(=O)[C@H](CC(C)C)N(C)C(=O)[C@@H](C)NC(=O)[C@H](C)CC(=O)[C@H](CC(C)C)N(C)C(=O)[C@H](C(C)C)CC(=O)[C@H]([C@@H](C)OCCCCN2CCOCC2)N(C)C(=O)[C@@H](C)N(C)C1=O. The standard InChI is InChI=1S/C72H132N10O15Si/c1-27-54-69(91)75(17)51(15)67(89)80(22)61(52(16)96-35-29-28-31-82-32-36-95-37-33-82)59(85)42-53(46(8)9)68(90)76(18)55(38-43(2)3)58(84)41-49(13)64(86)73-50(14)66(88)77(19)56(39-44(4)5)70(92)78(20)57(40-45(6)7)71(93)79(21)60(47(10)11)72(94)81(23)62(65(87)74-54)63(48(12)30-34-83)97-98(24,25)26/h43-57,60-63,83H,27-42H2,1-26H3,(H,73,86)(H,74,87)/t48-,49-,50-,51-,52-,53+,54+,55+,56+,57+,60+,61+,62+,63-/m1/s1. The predicted molar refractivity (Wildman–Crippen MR) is 382 cm³/mol. The highest BCUT2D eigenvalue weighted by molar-refractivity contribution is 6.69. The molecule has 0 aliphatic carbocycles. The molecule has 2 fully saturated rings. The number of Topliss-reactive ketones (excluding diaryl/α,β-unsaturated/α-hetero) is 2. The van der Waals surface area contributed by atoms with Gasteiger partial charge >= 0.3 is 0 Å². The fourth-order valence-electron chi connectivity index (χ4n) is 13.3. The predicted octanol–water partition coefficient (Wildman–Crippen LogP) is 5.59. The Hall–Kier alpha value is -5.41. The lowest BCUT2D eigenvalue weighted by Crippen LogP contribution is -2.64. The van der Waals surface area contributed by atoms with Crippen molar-refractivity contribution >= 4 is 73.0 Å². The first-order valence-corrected chi connectivity index (χ1v) is 39.5. The molecule has 0 radical (unpaired) electrons. The summed E-state index contributed by atoms with van der Waals surface area (Å²) in [6.07, 6.45) is -0.488. The lowest BCUT2D eigenvalue weighted by molar-refractivity contribution is -0.157. The third kappa shape index (κ3) is 25.6. The molecule has 0 aromatic carbocycles. The zero-order valence-electron chi connectivity index (χ0n) is 65.0. The third-order valence-corrected chi connectivity index (χ3v) is 20.5. The second kappa shape index (κ2) is 40.9. The number of unbranched alkanes of at least 4 members (excludes halogenated alkanes) is 1. The number of ether oxygens (including phenoxy) is 2. The first kappa shape index (κ1) is 88.7. The van der Waals surface area contributed by atoms with E-state index in [2.05, 4.69) is 15.5 Å². The molecule has 0 bridgehead atoms. The summed E-state index contributed by atoms with van der Waals surface area (Å²) in [5.41, 5.74) is 0. The van der Waals surface area contributed by atoms with Crippen LogP contribution in [0, 0.1) is 47.3 Å². The van der Waals surface area contributed by atoms with E-state index in [1.807, 2.05) is 61.2 Å². The van der Waals surface area contributed by atoms with Gasteiger partial charge in [-0.25, -0.2) is 0 Å². The molecular formula is C72H132N10O15Si. The Kier molecular flexibility index (Phi) is 37.0. The number of hydrogen-bond donors (Lipinski definition) is 3. The molecule has 2 saturated heterocycles. The van der Waals surface area contributed by atoms with E-state index in [1.165, 1.54) is 97.5 Å². The largest absolute Gasteiger partial charge is 0.412 e. The Bertz CT molecular complexity index is 2630. The van der Waals surface area contributed by atoms with Crippen LogP contribution in [0.3, 0.4) is 0 Å². The molecule has 26 heteroatoms. The number of rotatable bonds is 22. The van der Waals surface area contributed by atoms with E-state index in [-0.39, 0.29) is 75.9 Å². The lowest BCUT2D eigenvalue weighted by atomic mass is 9.85. The molecule has 0 unspecified atom stereocenters. The minimum Gasteiger partial charge on any atom is -0.412 e. The molecule has 0 aromatic rings. The van der Waals surface area contributed by atoms with Crippen molar-refractivity contribution in [1.82, 2.24) is 49.8 Å². The molecule has 3 N–H and O–H groups in total. The van der Waals surface area contributed by atoms with Gasteiger partial charge in [-0.15, -0.1) is 0 Å². The number of carbonyl (C=O) groups excluding carboxylic acids is 11. The van der Waals surface area contributed by atoms with E-state index in [4.69, 9.17) is 13.9 Å². The molecule has 2 aliphatic heterocycles. The summed E-state index contributed by atoms with van der Waals surface area (Å²) in [6.45, 7) is 37.7. The smallest absolute Gasteiger partial charge is 0.246 e. The van der Waals surface area contributed by atoms with Gasteiger partial charge in [0.2, 0.25) is 53.2 Å². The number of amides is 9. The summed E-state index contributed by atoms with van der Waals surface area (Å²) >= 11 is 0. The molecule has 2 aliphatic rings. The molecule has 25 nitrogen and oxygen atoms in total. The van der Waals surface area contributed by atoms with Crippen molar-refractivity contribution in [2.45, 2.75) is 255 Å². The molecule has 14 atom stereocenters. The van der Waals surface area contributed by atoms with Gasteiger partial charge in [-0.2, -0.15) is 0 Å². The van der Waals surface area contributed by atoms with Crippen molar-refractivity contribution in [3.8, 4) is 0 Å². The van der Waals surface area contributed by atoms with Gasteiger partial charge in [-0.3, -0.25) is 57.6 Å².